The molecule has 0 N–H and O–H groups in total. The van der Waals surface area contributed by atoms with Crippen LogP contribution in [0.5, 0.6) is 0 Å². The second kappa shape index (κ2) is 11.4. The standard InChI is InChI=1S/C30H30N2O4S/c1-4-7-27-21-32(20-23-8-5-9-25(17-14-23)30(33)36-2)29(31-27)18-22-12-15-24(16-13-22)26-10-6-11-28(19-26)37(3,34)35/h4,6-17,19,21H,5,18,20H2,1-3H3/b7-4+. The van der Waals surface area contributed by atoms with Crippen LogP contribution in [0.1, 0.15) is 30.4 Å². The van der Waals surface area contributed by atoms with Crippen LogP contribution in [0, 0.1) is 0 Å². The zero-order valence-electron chi connectivity index (χ0n) is 21.2. The average molecular weight is 515 g/mol. The first-order valence-corrected chi connectivity index (χ1v) is 13.9. The highest BCUT2D eigenvalue weighted by Crippen LogP contribution is 2.24. The van der Waals surface area contributed by atoms with Crippen LogP contribution in [-0.2, 0) is 32.3 Å². The van der Waals surface area contributed by atoms with Gasteiger partial charge in [0, 0.05) is 25.4 Å². The third kappa shape index (κ3) is 6.62. The number of esters is 1. The number of imidazole rings is 1. The molecule has 1 aromatic heterocycles. The summed E-state index contributed by atoms with van der Waals surface area (Å²) in [6.07, 6.45) is 16.2. The van der Waals surface area contributed by atoms with Gasteiger partial charge in [0.05, 0.1) is 23.3 Å². The Morgan fingerprint density at radius 3 is 2.57 bits per heavy atom. The lowest BCUT2D eigenvalue weighted by atomic mass is 10.0. The van der Waals surface area contributed by atoms with Gasteiger partial charge in [-0.2, -0.15) is 0 Å². The third-order valence-electron chi connectivity index (χ3n) is 6.10. The highest BCUT2D eigenvalue weighted by atomic mass is 32.2. The number of rotatable bonds is 8. The molecule has 1 aliphatic rings. The Hall–Kier alpha value is -3.97. The number of methoxy groups -OCH3 is 1. The fraction of sp³-hybridized carbons (Fsp3) is 0.200. The quantitative estimate of drug-likeness (QED) is 0.368. The molecule has 4 rings (SSSR count). The number of allylic oxidation sites excluding steroid dienone is 5. The van der Waals surface area contributed by atoms with E-state index in [-0.39, 0.29) is 5.97 Å². The molecule has 0 saturated heterocycles. The molecule has 2 aromatic carbocycles. The summed E-state index contributed by atoms with van der Waals surface area (Å²) in [5.41, 5.74) is 5.44. The smallest absolute Gasteiger partial charge is 0.337 e. The van der Waals surface area contributed by atoms with Crippen LogP contribution < -0.4 is 0 Å². The molecule has 1 heterocycles. The van der Waals surface area contributed by atoms with Gasteiger partial charge in [-0.25, -0.2) is 18.2 Å². The number of benzene rings is 2. The lowest BCUT2D eigenvalue weighted by Gasteiger charge is -2.10. The van der Waals surface area contributed by atoms with Crippen molar-refractivity contribution in [2.24, 2.45) is 0 Å². The maximum atomic E-state index is 11.9. The van der Waals surface area contributed by atoms with E-state index in [1.54, 1.807) is 24.3 Å². The second-order valence-electron chi connectivity index (χ2n) is 8.88. The summed E-state index contributed by atoms with van der Waals surface area (Å²) < 4.78 is 30.8. The lowest BCUT2D eigenvalue weighted by molar-refractivity contribution is -0.135. The van der Waals surface area contributed by atoms with Crippen LogP contribution in [0.25, 0.3) is 17.2 Å². The van der Waals surface area contributed by atoms with Gasteiger partial charge in [-0.3, -0.25) is 0 Å². The summed E-state index contributed by atoms with van der Waals surface area (Å²) in [6, 6.07) is 15.1. The van der Waals surface area contributed by atoms with E-state index in [0.29, 0.717) is 29.9 Å². The average Bonchev–Trinajstić information content (AvgIpc) is 3.09. The summed E-state index contributed by atoms with van der Waals surface area (Å²) in [6.45, 7) is 2.60. The molecular formula is C30H30N2O4S. The Labute approximate surface area is 218 Å². The van der Waals surface area contributed by atoms with Crippen molar-refractivity contribution in [2.45, 2.75) is 31.2 Å². The van der Waals surface area contributed by atoms with Crippen molar-refractivity contribution >= 4 is 21.9 Å². The van der Waals surface area contributed by atoms with Crippen LogP contribution in [0.4, 0.5) is 0 Å². The van der Waals surface area contributed by atoms with E-state index in [4.69, 9.17) is 9.72 Å². The molecule has 1 aliphatic carbocycles. The molecule has 0 unspecified atom stereocenters. The molecule has 0 atom stereocenters. The summed E-state index contributed by atoms with van der Waals surface area (Å²) >= 11 is 0. The molecule has 0 saturated carbocycles. The van der Waals surface area contributed by atoms with Gasteiger partial charge in [-0.05, 0) is 59.9 Å². The molecule has 3 aromatic rings. The second-order valence-corrected chi connectivity index (χ2v) is 10.9. The van der Waals surface area contributed by atoms with Crippen LogP contribution in [0.15, 0.2) is 101 Å². The van der Waals surface area contributed by atoms with E-state index in [0.717, 1.165) is 33.8 Å². The predicted molar refractivity (Wildman–Crippen MR) is 147 cm³/mol. The van der Waals surface area contributed by atoms with Crippen molar-refractivity contribution in [3.8, 4) is 11.1 Å². The van der Waals surface area contributed by atoms with Gasteiger partial charge in [-0.1, -0.05) is 60.7 Å². The topological polar surface area (TPSA) is 78.3 Å². The number of ether oxygens (including phenoxy) is 1. The maximum Gasteiger partial charge on any atom is 0.337 e. The van der Waals surface area contributed by atoms with Gasteiger partial charge < -0.3 is 9.30 Å². The summed E-state index contributed by atoms with van der Waals surface area (Å²) in [7, 11) is -1.88. The number of hydrogen-bond acceptors (Lipinski definition) is 5. The van der Waals surface area contributed by atoms with Gasteiger partial charge in [0.15, 0.2) is 9.84 Å². The van der Waals surface area contributed by atoms with E-state index in [1.807, 2.05) is 67.8 Å². The number of sulfone groups is 1. The minimum absolute atomic E-state index is 0.309. The Bertz CT molecular complexity index is 1520. The summed E-state index contributed by atoms with van der Waals surface area (Å²) in [5, 5.41) is 0. The van der Waals surface area contributed by atoms with Crippen molar-refractivity contribution in [1.82, 2.24) is 9.55 Å². The molecule has 7 heteroatoms. The fourth-order valence-corrected chi connectivity index (χ4v) is 4.83. The molecule has 190 valence electrons. The maximum absolute atomic E-state index is 11.9. The van der Waals surface area contributed by atoms with E-state index < -0.39 is 9.84 Å². The Morgan fingerprint density at radius 2 is 1.86 bits per heavy atom. The van der Waals surface area contributed by atoms with Crippen molar-refractivity contribution in [1.29, 1.82) is 0 Å². The zero-order chi connectivity index (χ0) is 26.4. The van der Waals surface area contributed by atoms with E-state index in [1.165, 1.54) is 13.4 Å². The van der Waals surface area contributed by atoms with Crippen molar-refractivity contribution < 1.29 is 17.9 Å². The van der Waals surface area contributed by atoms with Gasteiger partial charge in [0.2, 0.25) is 0 Å². The fourth-order valence-electron chi connectivity index (χ4n) is 4.16. The molecule has 6 nitrogen and oxygen atoms in total. The highest BCUT2D eigenvalue weighted by molar-refractivity contribution is 7.90. The monoisotopic (exact) mass is 514 g/mol. The van der Waals surface area contributed by atoms with E-state index in [9.17, 15) is 13.2 Å². The Morgan fingerprint density at radius 1 is 1.08 bits per heavy atom. The molecule has 0 bridgehead atoms. The Balaban J connectivity index is 1.55. The van der Waals surface area contributed by atoms with Crippen LogP contribution in [0.3, 0.4) is 0 Å². The van der Waals surface area contributed by atoms with Crippen LogP contribution >= 0.6 is 0 Å². The van der Waals surface area contributed by atoms with Crippen molar-refractivity contribution in [3.63, 3.8) is 0 Å². The first kappa shape index (κ1) is 26.1. The molecule has 37 heavy (non-hydrogen) atoms. The predicted octanol–water partition coefficient (Wildman–Crippen LogP) is 5.56. The lowest BCUT2D eigenvalue weighted by Crippen LogP contribution is -2.05. The van der Waals surface area contributed by atoms with E-state index in [2.05, 4.69) is 10.6 Å². The SMILES string of the molecule is C/C=C/c1cn(CC2=CCC=C(C(=O)OC)C=C2)c(Cc2ccc(-c3cccc(S(C)(=O)=O)c3)cc2)n1. The molecular weight excluding hydrogens is 484 g/mol. The number of hydrogen-bond donors (Lipinski definition) is 0. The molecule has 0 fully saturated rings. The highest BCUT2D eigenvalue weighted by Gasteiger charge is 2.12. The van der Waals surface area contributed by atoms with Crippen molar-refractivity contribution in [2.75, 3.05) is 13.4 Å². The van der Waals surface area contributed by atoms with Gasteiger partial charge in [0.25, 0.3) is 0 Å². The number of carbonyl (C=O) groups is 1. The first-order chi connectivity index (χ1) is 17.8. The van der Waals surface area contributed by atoms with E-state index >= 15 is 0 Å². The summed E-state index contributed by atoms with van der Waals surface area (Å²) in [5.74, 6) is 0.593. The number of aromatic nitrogens is 2. The number of nitrogens with zero attached hydrogens (tertiary/aromatic N) is 2. The minimum atomic E-state index is -3.26. The van der Waals surface area contributed by atoms with Gasteiger partial charge in [-0.15, -0.1) is 0 Å². The van der Waals surface area contributed by atoms with Gasteiger partial charge >= 0.3 is 5.97 Å². The molecule has 0 radical (unpaired) electrons. The molecule has 0 aliphatic heterocycles. The number of carbonyl (C=O) groups excluding carboxylic acids is 1. The van der Waals surface area contributed by atoms with Crippen LogP contribution in [-0.4, -0.2) is 37.3 Å². The zero-order valence-corrected chi connectivity index (χ0v) is 22.0. The molecule has 0 spiro atoms. The normalized spacial score (nSPS) is 13.8. The summed E-state index contributed by atoms with van der Waals surface area (Å²) in [4.78, 5) is 17.0. The van der Waals surface area contributed by atoms with Gasteiger partial charge in [0.1, 0.15) is 5.82 Å². The largest absolute Gasteiger partial charge is 0.465 e. The first-order valence-electron chi connectivity index (χ1n) is 12.0. The minimum Gasteiger partial charge on any atom is -0.465 e. The Kier molecular flexibility index (Phi) is 8.04. The van der Waals surface area contributed by atoms with Crippen LogP contribution in [0.2, 0.25) is 0 Å². The van der Waals surface area contributed by atoms with Crippen molar-refractivity contribution in [3.05, 3.63) is 113 Å². The third-order valence-corrected chi connectivity index (χ3v) is 7.21. The molecule has 0 amide bonds.